The molecular weight excluding hydrogens is 390 g/mol. The summed E-state index contributed by atoms with van der Waals surface area (Å²) >= 11 is 1.28. The molecule has 1 fully saturated rings. The number of hydrogen-bond donors (Lipinski definition) is 2. The fourth-order valence-corrected chi connectivity index (χ4v) is 4.61. The maximum absolute atomic E-state index is 12.2. The van der Waals surface area contributed by atoms with Crippen LogP contribution in [0.25, 0.3) is 11.4 Å². The van der Waals surface area contributed by atoms with Gasteiger partial charge in [0.05, 0.1) is 12.4 Å². The van der Waals surface area contributed by atoms with Gasteiger partial charge in [-0.25, -0.2) is 4.79 Å². The first kappa shape index (κ1) is 21.2. The molecule has 0 radical (unpaired) electrons. The number of nitrogens with two attached hydrogens (primary N) is 1. The first-order valence-electron chi connectivity index (χ1n) is 9.77. The van der Waals surface area contributed by atoms with Gasteiger partial charge in [0.1, 0.15) is 5.75 Å². The largest absolute Gasteiger partial charge is 0.497 e. The van der Waals surface area contributed by atoms with Crippen LogP contribution < -0.4 is 15.8 Å². The van der Waals surface area contributed by atoms with E-state index in [1.165, 1.54) is 18.2 Å². The number of urea groups is 1. The quantitative estimate of drug-likeness (QED) is 0.697. The van der Waals surface area contributed by atoms with E-state index in [4.69, 9.17) is 10.5 Å². The van der Waals surface area contributed by atoms with Crippen LogP contribution >= 0.6 is 11.8 Å². The molecule has 1 saturated carbocycles. The van der Waals surface area contributed by atoms with Crippen molar-refractivity contribution in [1.29, 1.82) is 0 Å². The number of carbonyl (C=O) groups excluding carboxylic acids is 2. The molecule has 8 nitrogen and oxygen atoms in total. The third-order valence-corrected chi connectivity index (χ3v) is 6.37. The predicted octanol–water partition coefficient (Wildman–Crippen LogP) is 3.38. The Hall–Kier alpha value is -2.55. The fraction of sp³-hybridized carbons (Fsp3) is 0.500. The molecule has 1 aliphatic carbocycles. The number of aromatic nitrogens is 3. The van der Waals surface area contributed by atoms with Crippen molar-refractivity contribution >= 4 is 23.7 Å². The molecule has 0 unspecified atom stereocenters. The molecule has 0 spiro atoms. The van der Waals surface area contributed by atoms with Gasteiger partial charge in [0, 0.05) is 11.6 Å². The highest BCUT2D eigenvalue weighted by atomic mass is 32.2. The van der Waals surface area contributed by atoms with Crippen molar-refractivity contribution in [2.75, 3.05) is 7.11 Å². The van der Waals surface area contributed by atoms with Crippen molar-refractivity contribution in [2.24, 2.45) is 11.7 Å². The molecule has 0 aliphatic heterocycles. The lowest BCUT2D eigenvalue weighted by Gasteiger charge is -2.31. The molecule has 0 bridgehead atoms. The van der Waals surface area contributed by atoms with E-state index in [9.17, 15) is 9.59 Å². The minimum atomic E-state index is -0.858. The number of methoxy groups -OCH3 is 1. The Balaban J connectivity index is 1.96. The molecule has 3 amide bonds. The van der Waals surface area contributed by atoms with Crippen molar-refractivity contribution in [3.63, 3.8) is 0 Å². The second-order valence-electron chi connectivity index (χ2n) is 7.35. The van der Waals surface area contributed by atoms with E-state index in [1.54, 1.807) is 14.0 Å². The average molecular weight is 418 g/mol. The topological polar surface area (TPSA) is 112 Å². The summed E-state index contributed by atoms with van der Waals surface area (Å²) < 4.78 is 7.41. The van der Waals surface area contributed by atoms with Crippen molar-refractivity contribution in [1.82, 2.24) is 20.1 Å². The molecule has 29 heavy (non-hydrogen) atoms. The molecule has 156 valence electrons. The summed E-state index contributed by atoms with van der Waals surface area (Å²) in [5.74, 6) is 1.58. The Bertz CT molecular complexity index is 868. The van der Waals surface area contributed by atoms with Crippen LogP contribution in [0.5, 0.6) is 5.75 Å². The normalized spacial score (nSPS) is 20.1. The first-order valence-corrected chi connectivity index (χ1v) is 10.6. The van der Waals surface area contributed by atoms with Crippen LogP contribution in [-0.4, -0.2) is 39.1 Å². The van der Waals surface area contributed by atoms with Gasteiger partial charge in [-0.1, -0.05) is 31.5 Å². The Kier molecular flexibility index (Phi) is 6.79. The molecular formula is C20H27N5O3S. The highest BCUT2D eigenvalue weighted by Gasteiger charge is 2.30. The van der Waals surface area contributed by atoms with Gasteiger partial charge in [-0.15, -0.1) is 10.2 Å². The highest BCUT2D eigenvalue weighted by molar-refractivity contribution is 8.00. The fourth-order valence-electron chi connectivity index (χ4n) is 3.71. The number of nitrogens with zero attached hydrogens (tertiary/aromatic N) is 3. The molecule has 0 saturated heterocycles. The Morgan fingerprint density at radius 1 is 1.24 bits per heavy atom. The first-order chi connectivity index (χ1) is 13.9. The maximum atomic E-state index is 12.2. The number of ether oxygens (including phenoxy) is 1. The molecule has 2 aromatic rings. The van der Waals surface area contributed by atoms with Crippen LogP contribution in [-0.2, 0) is 4.79 Å². The van der Waals surface area contributed by atoms with E-state index in [2.05, 4.69) is 27.0 Å². The van der Waals surface area contributed by atoms with Gasteiger partial charge in [0.25, 0.3) is 0 Å². The van der Waals surface area contributed by atoms with Crippen LogP contribution in [0.3, 0.4) is 0 Å². The number of carbonyl (C=O) groups is 2. The van der Waals surface area contributed by atoms with Crippen LogP contribution in [0.2, 0.25) is 0 Å². The summed E-state index contributed by atoms with van der Waals surface area (Å²) in [4.78, 5) is 23.2. The lowest BCUT2D eigenvalue weighted by Crippen LogP contribution is -2.39. The zero-order valence-corrected chi connectivity index (χ0v) is 17.7. The Morgan fingerprint density at radius 3 is 2.55 bits per heavy atom. The van der Waals surface area contributed by atoms with E-state index >= 15 is 0 Å². The summed E-state index contributed by atoms with van der Waals surface area (Å²) in [5.41, 5.74) is 6.01. The molecule has 1 heterocycles. The third-order valence-electron chi connectivity index (χ3n) is 5.31. The van der Waals surface area contributed by atoms with E-state index < -0.39 is 17.2 Å². The van der Waals surface area contributed by atoms with Gasteiger partial charge >= 0.3 is 6.03 Å². The van der Waals surface area contributed by atoms with Crippen LogP contribution in [0.1, 0.15) is 45.6 Å². The number of nitrogens with one attached hydrogen (secondary N) is 1. The molecule has 3 N–H and O–H groups in total. The van der Waals surface area contributed by atoms with Crippen LogP contribution in [0.4, 0.5) is 4.79 Å². The van der Waals surface area contributed by atoms with Crippen LogP contribution in [0, 0.1) is 5.92 Å². The number of benzene rings is 1. The summed E-state index contributed by atoms with van der Waals surface area (Å²) in [6, 6.07) is 7.12. The lowest BCUT2D eigenvalue weighted by molar-refractivity contribution is -0.119. The van der Waals surface area contributed by atoms with Crippen molar-refractivity contribution in [2.45, 2.75) is 56.0 Å². The van der Waals surface area contributed by atoms with E-state index in [1.807, 2.05) is 24.3 Å². The van der Waals surface area contributed by atoms with Gasteiger partial charge in [-0.2, -0.15) is 0 Å². The number of primary amides is 1. The third kappa shape index (κ3) is 4.90. The smallest absolute Gasteiger partial charge is 0.318 e. The van der Waals surface area contributed by atoms with Gasteiger partial charge in [0.2, 0.25) is 5.91 Å². The maximum Gasteiger partial charge on any atom is 0.318 e. The van der Waals surface area contributed by atoms with Gasteiger partial charge < -0.3 is 10.5 Å². The predicted molar refractivity (Wildman–Crippen MR) is 112 cm³/mol. The van der Waals surface area contributed by atoms with E-state index in [-0.39, 0.29) is 6.04 Å². The monoisotopic (exact) mass is 417 g/mol. The SMILES string of the molecule is COc1ccc(-c2nnc(S[C@H](C)C(=O)NC(N)=O)n2[C@H]2CCCC[C@H]2C)cc1. The second kappa shape index (κ2) is 9.30. The zero-order chi connectivity index (χ0) is 21.0. The van der Waals surface area contributed by atoms with Gasteiger partial charge in [0.15, 0.2) is 11.0 Å². The number of amides is 3. The molecule has 3 rings (SSSR count). The molecule has 9 heteroatoms. The van der Waals surface area contributed by atoms with Gasteiger partial charge in [-0.05, 0) is 49.9 Å². The molecule has 1 aromatic heterocycles. The second-order valence-corrected chi connectivity index (χ2v) is 8.66. The lowest BCUT2D eigenvalue weighted by atomic mass is 9.85. The van der Waals surface area contributed by atoms with Crippen molar-refractivity contribution < 1.29 is 14.3 Å². The number of imide groups is 1. The molecule has 1 aromatic carbocycles. The Morgan fingerprint density at radius 2 is 1.93 bits per heavy atom. The highest BCUT2D eigenvalue weighted by Crippen LogP contribution is 2.39. The van der Waals surface area contributed by atoms with Crippen LogP contribution in [0.15, 0.2) is 29.4 Å². The summed E-state index contributed by atoms with van der Waals surface area (Å²) in [6.07, 6.45) is 4.55. The molecule has 3 atom stereocenters. The number of thioether (sulfide) groups is 1. The number of rotatable bonds is 6. The standard InChI is InChI=1S/C20H27N5O3S/c1-12-6-4-5-7-16(12)25-17(14-8-10-15(28-3)11-9-14)23-24-20(25)29-13(2)18(26)22-19(21)27/h8-13,16H,4-7H2,1-3H3,(H3,21,22,26,27)/t12-,13-,16+/m1/s1. The summed E-state index contributed by atoms with van der Waals surface area (Å²) in [7, 11) is 1.63. The minimum absolute atomic E-state index is 0.254. The molecule has 1 aliphatic rings. The minimum Gasteiger partial charge on any atom is -0.497 e. The zero-order valence-electron chi connectivity index (χ0n) is 16.9. The average Bonchev–Trinajstić information content (AvgIpc) is 3.11. The summed E-state index contributed by atoms with van der Waals surface area (Å²) in [5, 5.41) is 11.1. The summed E-state index contributed by atoms with van der Waals surface area (Å²) in [6.45, 7) is 3.97. The number of hydrogen-bond acceptors (Lipinski definition) is 6. The van der Waals surface area contributed by atoms with Crippen molar-refractivity contribution in [3.8, 4) is 17.1 Å². The Labute approximate surface area is 174 Å². The van der Waals surface area contributed by atoms with E-state index in [0.29, 0.717) is 11.1 Å². The van der Waals surface area contributed by atoms with E-state index in [0.717, 1.165) is 36.4 Å². The van der Waals surface area contributed by atoms with Crippen molar-refractivity contribution in [3.05, 3.63) is 24.3 Å². The van der Waals surface area contributed by atoms with Gasteiger partial charge in [-0.3, -0.25) is 14.7 Å².